The molecule has 0 radical (unpaired) electrons. The summed E-state index contributed by atoms with van der Waals surface area (Å²) >= 11 is 1.52. The molecule has 0 saturated heterocycles. The van der Waals surface area contributed by atoms with Crippen molar-refractivity contribution in [3.63, 3.8) is 0 Å². The molecule has 5 nitrogen and oxygen atoms in total. The summed E-state index contributed by atoms with van der Waals surface area (Å²) in [6, 6.07) is 2.11. The van der Waals surface area contributed by atoms with E-state index in [2.05, 4.69) is 21.4 Å². The predicted molar refractivity (Wildman–Crippen MR) is 56.5 cm³/mol. The first-order valence-electron chi connectivity index (χ1n) is 4.23. The summed E-state index contributed by atoms with van der Waals surface area (Å²) in [5, 5.41) is 9.13. The van der Waals surface area contributed by atoms with Crippen LogP contribution >= 0.6 is 11.3 Å². The van der Waals surface area contributed by atoms with Crippen LogP contribution in [0.15, 0.2) is 6.20 Å². The minimum Gasteiger partial charge on any atom is -0.300 e. The molecule has 0 amide bonds. The van der Waals surface area contributed by atoms with Crippen molar-refractivity contribution in [1.82, 2.24) is 9.88 Å². The van der Waals surface area contributed by atoms with Gasteiger partial charge in [-0.3, -0.25) is 5.43 Å². The zero-order valence-electron chi connectivity index (χ0n) is 8.03. The molecule has 14 heavy (non-hydrogen) atoms. The summed E-state index contributed by atoms with van der Waals surface area (Å²) in [6.45, 7) is 1.58. The third-order valence-corrected chi connectivity index (χ3v) is 2.62. The van der Waals surface area contributed by atoms with Gasteiger partial charge in [0.05, 0.1) is 6.07 Å². The molecule has 0 aliphatic carbocycles. The fourth-order valence-corrected chi connectivity index (χ4v) is 1.84. The van der Waals surface area contributed by atoms with Gasteiger partial charge in [-0.2, -0.15) is 5.26 Å². The van der Waals surface area contributed by atoms with E-state index < -0.39 is 0 Å². The summed E-state index contributed by atoms with van der Waals surface area (Å²) < 4.78 is 0. The van der Waals surface area contributed by atoms with E-state index in [1.165, 1.54) is 11.3 Å². The fraction of sp³-hybridized carbons (Fsp3) is 0.500. The van der Waals surface area contributed by atoms with E-state index in [4.69, 9.17) is 11.1 Å². The Labute approximate surface area is 87.1 Å². The monoisotopic (exact) mass is 211 g/mol. The number of hydrogen-bond acceptors (Lipinski definition) is 6. The Morgan fingerprint density at radius 3 is 3.14 bits per heavy atom. The molecular weight excluding hydrogens is 198 g/mol. The summed E-state index contributed by atoms with van der Waals surface area (Å²) in [4.78, 5) is 7.28. The molecule has 0 spiro atoms. The molecular formula is C8H13N5S. The smallest absolute Gasteiger partial charge is 0.197 e. The minimum atomic E-state index is 0.553. The Bertz CT molecular complexity index is 316. The summed E-state index contributed by atoms with van der Waals surface area (Å²) in [7, 11) is 1.98. The van der Waals surface area contributed by atoms with Crippen molar-refractivity contribution in [2.45, 2.75) is 13.0 Å². The predicted octanol–water partition coefficient (Wildman–Crippen LogP) is 0.774. The van der Waals surface area contributed by atoms with Gasteiger partial charge in [-0.05, 0) is 7.05 Å². The third kappa shape index (κ3) is 3.30. The minimum absolute atomic E-state index is 0.553. The van der Waals surface area contributed by atoms with Crippen molar-refractivity contribution in [1.29, 1.82) is 5.26 Å². The lowest BCUT2D eigenvalue weighted by atomic mass is 10.4. The van der Waals surface area contributed by atoms with Crippen molar-refractivity contribution in [2.24, 2.45) is 5.84 Å². The van der Waals surface area contributed by atoms with Crippen LogP contribution in [0.2, 0.25) is 0 Å². The molecule has 3 N–H and O–H groups in total. The Balaban J connectivity index is 2.40. The van der Waals surface area contributed by atoms with Crippen LogP contribution in [0.5, 0.6) is 0 Å². The number of nitriles is 1. The number of hydrogen-bond donors (Lipinski definition) is 2. The van der Waals surface area contributed by atoms with Gasteiger partial charge in [-0.1, -0.05) is 11.3 Å². The number of thiazole rings is 1. The van der Waals surface area contributed by atoms with Gasteiger partial charge in [0, 0.05) is 30.6 Å². The number of hydrazine groups is 1. The summed E-state index contributed by atoms with van der Waals surface area (Å²) in [5.41, 5.74) is 2.50. The second-order valence-corrected chi connectivity index (χ2v) is 4.04. The van der Waals surface area contributed by atoms with Crippen LogP contribution in [0.25, 0.3) is 0 Å². The number of nitrogens with zero attached hydrogens (tertiary/aromatic N) is 3. The Morgan fingerprint density at radius 2 is 2.57 bits per heavy atom. The van der Waals surface area contributed by atoms with E-state index in [-0.39, 0.29) is 0 Å². The molecule has 1 heterocycles. The largest absolute Gasteiger partial charge is 0.300 e. The summed E-state index contributed by atoms with van der Waals surface area (Å²) in [5.74, 6) is 5.22. The van der Waals surface area contributed by atoms with Crippen LogP contribution in [0.1, 0.15) is 11.3 Å². The first-order valence-corrected chi connectivity index (χ1v) is 5.04. The highest BCUT2D eigenvalue weighted by molar-refractivity contribution is 7.15. The van der Waals surface area contributed by atoms with Crippen LogP contribution in [-0.2, 0) is 6.54 Å². The number of rotatable bonds is 5. The Hall–Kier alpha value is -1.16. The van der Waals surface area contributed by atoms with Gasteiger partial charge < -0.3 is 4.90 Å². The topological polar surface area (TPSA) is 78.0 Å². The van der Waals surface area contributed by atoms with E-state index in [1.54, 1.807) is 6.20 Å². The standard InChI is InChI=1S/C8H13N5S/c1-13(4-2-3-9)6-7-5-11-8(12-10)14-7/h5H,2,4,6,10H2,1H3,(H,11,12). The lowest BCUT2D eigenvalue weighted by Crippen LogP contribution is -2.17. The molecule has 1 rings (SSSR count). The lowest BCUT2D eigenvalue weighted by Gasteiger charge is -2.12. The highest BCUT2D eigenvalue weighted by atomic mass is 32.1. The lowest BCUT2D eigenvalue weighted by molar-refractivity contribution is 0.338. The fourth-order valence-electron chi connectivity index (χ4n) is 1.03. The van der Waals surface area contributed by atoms with Gasteiger partial charge in [0.15, 0.2) is 5.13 Å². The molecule has 0 aliphatic heterocycles. The van der Waals surface area contributed by atoms with E-state index in [1.807, 2.05) is 7.05 Å². The van der Waals surface area contributed by atoms with Gasteiger partial charge in [-0.25, -0.2) is 10.8 Å². The maximum atomic E-state index is 8.41. The van der Waals surface area contributed by atoms with Crippen LogP contribution in [0.3, 0.4) is 0 Å². The van der Waals surface area contributed by atoms with Crippen molar-refractivity contribution in [2.75, 3.05) is 19.0 Å². The van der Waals surface area contributed by atoms with Gasteiger partial charge >= 0.3 is 0 Å². The van der Waals surface area contributed by atoms with E-state index >= 15 is 0 Å². The number of nitrogens with two attached hydrogens (primary N) is 1. The van der Waals surface area contributed by atoms with Gasteiger partial charge in [0.1, 0.15) is 0 Å². The molecule has 6 heteroatoms. The highest BCUT2D eigenvalue weighted by Gasteiger charge is 2.03. The molecule has 0 bridgehead atoms. The van der Waals surface area contributed by atoms with Gasteiger partial charge in [0.2, 0.25) is 0 Å². The van der Waals surface area contributed by atoms with E-state index in [9.17, 15) is 0 Å². The zero-order chi connectivity index (χ0) is 10.4. The van der Waals surface area contributed by atoms with Crippen LogP contribution in [0.4, 0.5) is 5.13 Å². The Morgan fingerprint density at radius 1 is 1.79 bits per heavy atom. The molecule has 76 valence electrons. The second kappa shape index (κ2) is 5.54. The average molecular weight is 211 g/mol. The molecule has 1 aromatic rings. The molecule has 0 aliphatic rings. The van der Waals surface area contributed by atoms with Crippen molar-refractivity contribution >= 4 is 16.5 Å². The quantitative estimate of drug-likeness (QED) is 0.555. The van der Waals surface area contributed by atoms with E-state index in [0.717, 1.165) is 18.0 Å². The summed E-state index contributed by atoms with van der Waals surface area (Å²) in [6.07, 6.45) is 2.35. The number of nitrogens with one attached hydrogen (secondary N) is 1. The maximum absolute atomic E-state index is 8.41. The molecule has 1 aromatic heterocycles. The SMILES string of the molecule is CN(CCC#N)Cc1cnc(NN)s1. The Kier molecular flexibility index (Phi) is 4.32. The number of nitrogen functional groups attached to an aromatic ring is 1. The molecule has 0 fully saturated rings. The van der Waals surface area contributed by atoms with Crippen LogP contribution in [-0.4, -0.2) is 23.5 Å². The second-order valence-electron chi connectivity index (χ2n) is 2.92. The first-order chi connectivity index (χ1) is 6.76. The van der Waals surface area contributed by atoms with Crippen molar-refractivity contribution in [3.8, 4) is 6.07 Å². The highest BCUT2D eigenvalue weighted by Crippen LogP contribution is 2.17. The molecule has 0 unspecified atom stereocenters. The normalized spacial score (nSPS) is 10.1. The molecule has 0 atom stereocenters. The average Bonchev–Trinajstić information content (AvgIpc) is 2.62. The van der Waals surface area contributed by atoms with Crippen LogP contribution in [0, 0.1) is 11.3 Å². The van der Waals surface area contributed by atoms with E-state index in [0.29, 0.717) is 11.6 Å². The van der Waals surface area contributed by atoms with Crippen LogP contribution < -0.4 is 11.3 Å². The third-order valence-electron chi connectivity index (χ3n) is 1.71. The maximum Gasteiger partial charge on any atom is 0.197 e. The zero-order valence-corrected chi connectivity index (χ0v) is 8.84. The van der Waals surface area contributed by atoms with Crippen molar-refractivity contribution in [3.05, 3.63) is 11.1 Å². The van der Waals surface area contributed by atoms with Crippen molar-refractivity contribution < 1.29 is 0 Å². The number of aromatic nitrogens is 1. The van der Waals surface area contributed by atoms with Gasteiger partial charge in [-0.15, -0.1) is 0 Å². The van der Waals surface area contributed by atoms with Gasteiger partial charge in [0.25, 0.3) is 0 Å². The first kappa shape index (κ1) is 10.9. The molecule has 0 saturated carbocycles. The molecule has 0 aromatic carbocycles. The number of anilines is 1.